The van der Waals surface area contributed by atoms with Crippen LogP contribution in [0.5, 0.6) is 0 Å². The van der Waals surface area contributed by atoms with Gasteiger partial charge >= 0.3 is 0 Å². The number of hydrogen-bond acceptors (Lipinski definition) is 4. The first-order valence-corrected chi connectivity index (χ1v) is 8.16. The summed E-state index contributed by atoms with van der Waals surface area (Å²) in [5.74, 6) is -0.227. The standard InChI is InChI=1S/C19H17ClN4O/c1-13-16(20)5-2-6-17(13)24-15-7-8-18(22-12-15)19(25)23-11-14-4-3-9-21-10-14/h2-10,12,24H,11H2,1H3,(H,23,25). The molecule has 2 heterocycles. The third-order valence-electron chi connectivity index (χ3n) is 3.72. The number of carbonyl (C=O) groups excluding carboxylic acids is 1. The summed E-state index contributed by atoms with van der Waals surface area (Å²) < 4.78 is 0. The molecular formula is C19H17ClN4O. The van der Waals surface area contributed by atoms with Crippen LogP contribution in [-0.4, -0.2) is 15.9 Å². The van der Waals surface area contributed by atoms with E-state index in [0.717, 1.165) is 22.5 Å². The van der Waals surface area contributed by atoms with Crippen molar-refractivity contribution >= 4 is 28.9 Å². The molecule has 0 radical (unpaired) electrons. The predicted octanol–water partition coefficient (Wildman–Crippen LogP) is 4.11. The SMILES string of the molecule is Cc1c(Cl)cccc1Nc1ccc(C(=O)NCc2cccnc2)nc1. The lowest BCUT2D eigenvalue weighted by molar-refractivity contribution is 0.0946. The number of anilines is 2. The molecule has 3 aromatic rings. The molecule has 6 heteroatoms. The van der Waals surface area contributed by atoms with Crippen molar-refractivity contribution in [3.05, 3.63) is 82.9 Å². The number of nitrogens with one attached hydrogen (secondary N) is 2. The highest BCUT2D eigenvalue weighted by Gasteiger charge is 2.08. The van der Waals surface area contributed by atoms with Crippen molar-refractivity contribution in [2.45, 2.75) is 13.5 Å². The van der Waals surface area contributed by atoms with Gasteiger partial charge in [0, 0.05) is 29.6 Å². The summed E-state index contributed by atoms with van der Waals surface area (Å²) in [6, 6.07) is 12.9. The molecule has 0 fully saturated rings. The average Bonchev–Trinajstić information content (AvgIpc) is 2.65. The molecule has 0 spiro atoms. The van der Waals surface area contributed by atoms with E-state index in [1.54, 1.807) is 24.7 Å². The average molecular weight is 353 g/mol. The van der Waals surface area contributed by atoms with E-state index < -0.39 is 0 Å². The Morgan fingerprint density at radius 2 is 2.00 bits per heavy atom. The highest BCUT2D eigenvalue weighted by atomic mass is 35.5. The Kier molecular flexibility index (Phi) is 5.26. The van der Waals surface area contributed by atoms with Crippen LogP contribution in [0.1, 0.15) is 21.6 Å². The zero-order valence-electron chi connectivity index (χ0n) is 13.7. The second-order valence-electron chi connectivity index (χ2n) is 5.51. The molecule has 3 rings (SSSR count). The van der Waals surface area contributed by atoms with E-state index in [1.165, 1.54) is 0 Å². The van der Waals surface area contributed by atoms with Crippen LogP contribution in [0.4, 0.5) is 11.4 Å². The number of rotatable bonds is 5. The van der Waals surface area contributed by atoms with Gasteiger partial charge in [0.25, 0.3) is 5.91 Å². The van der Waals surface area contributed by atoms with E-state index in [-0.39, 0.29) is 5.91 Å². The first kappa shape index (κ1) is 16.9. The van der Waals surface area contributed by atoms with Crippen molar-refractivity contribution in [2.75, 3.05) is 5.32 Å². The molecule has 1 aromatic carbocycles. The molecular weight excluding hydrogens is 336 g/mol. The van der Waals surface area contributed by atoms with Crippen LogP contribution in [0, 0.1) is 6.92 Å². The number of hydrogen-bond donors (Lipinski definition) is 2. The molecule has 25 heavy (non-hydrogen) atoms. The monoisotopic (exact) mass is 352 g/mol. The molecule has 126 valence electrons. The van der Waals surface area contributed by atoms with E-state index in [9.17, 15) is 4.79 Å². The Balaban J connectivity index is 1.63. The highest BCUT2D eigenvalue weighted by molar-refractivity contribution is 6.31. The molecule has 1 amide bonds. The number of aromatic nitrogens is 2. The summed E-state index contributed by atoms with van der Waals surface area (Å²) in [4.78, 5) is 20.4. The summed E-state index contributed by atoms with van der Waals surface area (Å²) in [6.07, 6.45) is 5.04. The molecule has 2 N–H and O–H groups in total. The van der Waals surface area contributed by atoms with Gasteiger partial charge in [-0.1, -0.05) is 23.7 Å². The van der Waals surface area contributed by atoms with Gasteiger partial charge in [-0.2, -0.15) is 0 Å². The smallest absolute Gasteiger partial charge is 0.270 e. The van der Waals surface area contributed by atoms with Gasteiger partial charge in [-0.3, -0.25) is 9.78 Å². The van der Waals surface area contributed by atoms with Crippen LogP contribution in [0.3, 0.4) is 0 Å². The highest BCUT2D eigenvalue weighted by Crippen LogP contribution is 2.25. The molecule has 0 atom stereocenters. The normalized spacial score (nSPS) is 10.3. The maximum Gasteiger partial charge on any atom is 0.270 e. The van der Waals surface area contributed by atoms with Gasteiger partial charge in [0.05, 0.1) is 11.9 Å². The van der Waals surface area contributed by atoms with Gasteiger partial charge in [0.15, 0.2) is 0 Å². The van der Waals surface area contributed by atoms with E-state index in [2.05, 4.69) is 20.6 Å². The Bertz CT molecular complexity index is 866. The second-order valence-corrected chi connectivity index (χ2v) is 5.92. The van der Waals surface area contributed by atoms with Gasteiger partial charge in [-0.05, 0) is 48.4 Å². The number of carbonyl (C=O) groups is 1. The van der Waals surface area contributed by atoms with Crippen LogP contribution in [0.25, 0.3) is 0 Å². The van der Waals surface area contributed by atoms with Crippen molar-refractivity contribution in [1.82, 2.24) is 15.3 Å². The lowest BCUT2D eigenvalue weighted by Gasteiger charge is -2.11. The van der Waals surface area contributed by atoms with Crippen LogP contribution in [0.2, 0.25) is 5.02 Å². The zero-order chi connectivity index (χ0) is 17.6. The third kappa shape index (κ3) is 4.33. The summed E-state index contributed by atoms with van der Waals surface area (Å²) in [7, 11) is 0. The molecule has 0 unspecified atom stereocenters. The fourth-order valence-corrected chi connectivity index (χ4v) is 2.45. The Labute approximate surface area is 151 Å². The van der Waals surface area contributed by atoms with Crippen molar-refractivity contribution in [3.8, 4) is 0 Å². The summed E-state index contributed by atoms with van der Waals surface area (Å²) in [6.45, 7) is 2.36. The minimum absolute atomic E-state index is 0.227. The fraction of sp³-hybridized carbons (Fsp3) is 0.105. The van der Waals surface area contributed by atoms with Gasteiger partial charge in [0.2, 0.25) is 0 Å². The van der Waals surface area contributed by atoms with E-state index >= 15 is 0 Å². The van der Waals surface area contributed by atoms with E-state index in [4.69, 9.17) is 11.6 Å². The fourth-order valence-electron chi connectivity index (χ4n) is 2.28. The molecule has 5 nitrogen and oxygen atoms in total. The molecule has 0 saturated carbocycles. The largest absolute Gasteiger partial charge is 0.354 e. The van der Waals surface area contributed by atoms with Gasteiger partial charge in [-0.25, -0.2) is 4.98 Å². The minimum Gasteiger partial charge on any atom is -0.354 e. The molecule has 0 saturated heterocycles. The van der Waals surface area contributed by atoms with Crippen molar-refractivity contribution < 1.29 is 4.79 Å². The topological polar surface area (TPSA) is 66.9 Å². The predicted molar refractivity (Wildman–Crippen MR) is 99.1 cm³/mol. The van der Waals surface area contributed by atoms with Crippen LogP contribution in [0.15, 0.2) is 61.1 Å². The third-order valence-corrected chi connectivity index (χ3v) is 4.13. The van der Waals surface area contributed by atoms with Gasteiger partial charge < -0.3 is 10.6 Å². The molecule has 0 aliphatic carbocycles. The Morgan fingerprint density at radius 3 is 2.72 bits per heavy atom. The lowest BCUT2D eigenvalue weighted by atomic mass is 10.2. The van der Waals surface area contributed by atoms with Crippen LogP contribution < -0.4 is 10.6 Å². The van der Waals surface area contributed by atoms with Crippen molar-refractivity contribution in [1.29, 1.82) is 0 Å². The number of nitrogens with zero attached hydrogens (tertiary/aromatic N) is 2. The summed E-state index contributed by atoms with van der Waals surface area (Å²) in [5, 5.41) is 6.77. The molecule has 0 aliphatic rings. The zero-order valence-corrected chi connectivity index (χ0v) is 14.4. The van der Waals surface area contributed by atoms with Crippen LogP contribution >= 0.6 is 11.6 Å². The molecule has 2 aromatic heterocycles. The molecule has 0 aliphatic heterocycles. The quantitative estimate of drug-likeness (QED) is 0.725. The number of halogens is 1. The Morgan fingerprint density at radius 1 is 1.12 bits per heavy atom. The van der Waals surface area contributed by atoms with Gasteiger partial charge in [0.1, 0.15) is 5.69 Å². The first-order valence-electron chi connectivity index (χ1n) is 7.79. The second kappa shape index (κ2) is 7.77. The van der Waals surface area contributed by atoms with Gasteiger partial charge in [-0.15, -0.1) is 0 Å². The Hall–Kier alpha value is -2.92. The maximum atomic E-state index is 12.2. The number of pyridine rings is 2. The summed E-state index contributed by atoms with van der Waals surface area (Å²) in [5.41, 5.74) is 3.95. The lowest BCUT2D eigenvalue weighted by Crippen LogP contribution is -2.23. The number of amides is 1. The van der Waals surface area contributed by atoms with E-state index in [0.29, 0.717) is 17.3 Å². The molecule has 0 bridgehead atoms. The number of benzene rings is 1. The van der Waals surface area contributed by atoms with Crippen molar-refractivity contribution in [3.63, 3.8) is 0 Å². The van der Waals surface area contributed by atoms with Crippen molar-refractivity contribution in [2.24, 2.45) is 0 Å². The minimum atomic E-state index is -0.227. The maximum absolute atomic E-state index is 12.2. The van der Waals surface area contributed by atoms with E-state index in [1.807, 2.05) is 43.3 Å². The van der Waals surface area contributed by atoms with Crippen LogP contribution in [-0.2, 0) is 6.54 Å². The first-order chi connectivity index (χ1) is 12.1. The summed E-state index contributed by atoms with van der Waals surface area (Å²) >= 11 is 6.12.